The standard InChI is InChI=1S/C13H16N4OS/c1-13(2,3)10(18)16-11(14)17-12-15-8-6-4-5-7-9(8)19-12/h4-7H,1-3H3,(H3,14,15,16,17,18)/p+1. The van der Waals surface area contributed by atoms with E-state index in [9.17, 15) is 4.79 Å². The molecule has 19 heavy (non-hydrogen) atoms. The lowest BCUT2D eigenvalue weighted by Gasteiger charge is -2.13. The molecule has 0 unspecified atom stereocenters. The highest BCUT2D eigenvalue weighted by molar-refractivity contribution is 7.21. The van der Waals surface area contributed by atoms with Crippen molar-refractivity contribution in [2.24, 2.45) is 11.1 Å². The van der Waals surface area contributed by atoms with E-state index in [2.05, 4.69) is 15.3 Å². The first kappa shape index (κ1) is 13.5. The molecular weight excluding hydrogens is 260 g/mol. The molecule has 4 N–H and O–H groups in total. The fraction of sp³-hybridized carbons (Fsp3) is 0.308. The van der Waals surface area contributed by atoms with Crippen LogP contribution in [0.4, 0.5) is 5.13 Å². The Kier molecular flexibility index (Phi) is 3.53. The number of para-hydroxylation sites is 1. The Balaban J connectivity index is 2.18. The molecule has 1 aromatic heterocycles. The third-order valence-corrected chi connectivity index (χ3v) is 3.42. The van der Waals surface area contributed by atoms with Gasteiger partial charge in [-0.05, 0) is 12.1 Å². The molecule has 0 aliphatic rings. The highest BCUT2D eigenvalue weighted by Gasteiger charge is 2.24. The molecule has 2 aromatic rings. The van der Waals surface area contributed by atoms with Gasteiger partial charge in [0.15, 0.2) is 0 Å². The van der Waals surface area contributed by atoms with E-state index in [0.717, 1.165) is 10.2 Å². The van der Waals surface area contributed by atoms with E-state index in [0.29, 0.717) is 5.13 Å². The Morgan fingerprint density at radius 1 is 1.37 bits per heavy atom. The van der Waals surface area contributed by atoms with Crippen molar-refractivity contribution >= 4 is 38.6 Å². The second-order valence-electron chi connectivity index (χ2n) is 5.23. The van der Waals surface area contributed by atoms with E-state index in [1.54, 1.807) is 0 Å². The van der Waals surface area contributed by atoms with Gasteiger partial charge >= 0.3 is 5.96 Å². The molecule has 0 spiro atoms. The van der Waals surface area contributed by atoms with Gasteiger partial charge in [-0.15, -0.1) is 4.98 Å². The van der Waals surface area contributed by atoms with Crippen LogP contribution in [-0.2, 0) is 4.79 Å². The van der Waals surface area contributed by atoms with E-state index in [-0.39, 0.29) is 11.9 Å². The summed E-state index contributed by atoms with van der Waals surface area (Å²) in [6, 6.07) is 7.81. The number of nitrogens with one attached hydrogen (secondary N) is 2. The van der Waals surface area contributed by atoms with E-state index < -0.39 is 5.41 Å². The van der Waals surface area contributed by atoms with Crippen LogP contribution >= 0.6 is 11.3 Å². The van der Waals surface area contributed by atoms with Gasteiger partial charge in [-0.25, -0.2) is 10.3 Å². The molecule has 2 rings (SSSR count). The predicted octanol–water partition coefficient (Wildman–Crippen LogP) is 0.485. The van der Waals surface area contributed by atoms with Crippen LogP contribution in [0.25, 0.3) is 10.2 Å². The fourth-order valence-corrected chi connectivity index (χ4v) is 2.26. The molecule has 0 radical (unpaired) electrons. The minimum Gasteiger partial charge on any atom is -0.310 e. The van der Waals surface area contributed by atoms with Crippen LogP contribution in [0.5, 0.6) is 0 Å². The average molecular weight is 277 g/mol. The maximum absolute atomic E-state index is 11.8. The number of hydrogen-bond donors (Lipinski definition) is 3. The number of nitrogens with two attached hydrogens (primary N) is 1. The lowest BCUT2D eigenvalue weighted by Crippen LogP contribution is -2.74. The van der Waals surface area contributed by atoms with Crippen molar-refractivity contribution < 1.29 is 9.79 Å². The van der Waals surface area contributed by atoms with Gasteiger partial charge in [-0.3, -0.25) is 4.79 Å². The molecule has 100 valence electrons. The Morgan fingerprint density at radius 2 is 2.05 bits per heavy atom. The molecule has 0 atom stereocenters. The summed E-state index contributed by atoms with van der Waals surface area (Å²) in [5, 5.41) is 3.28. The highest BCUT2D eigenvalue weighted by atomic mass is 32.1. The maximum Gasteiger partial charge on any atom is 0.312 e. The van der Waals surface area contributed by atoms with Crippen molar-refractivity contribution in [1.82, 2.24) is 10.3 Å². The third-order valence-electron chi connectivity index (χ3n) is 2.46. The molecule has 0 fully saturated rings. The molecule has 5 nitrogen and oxygen atoms in total. The molecule has 0 aliphatic heterocycles. The van der Waals surface area contributed by atoms with Crippen LogP contribution in [0.2, 0.25) is 0 Å². The molecule has 0 saturated carbocycles. The summed E-state index contributed by atoms with van der Waals surface area (Å²) in [6.45, 7) is 5.48. The molecule has 1 aromatic carbocycles. The van der Waals surface area contributed by atoms with E-state index in [1.165, 1.54) is 11.3 Å². The summed E-state index contributed by atoms with van der Waals surface area (Å²) < 4.78 is 1.07. The van der Waals surface area contributed by atoms with E-state index >= 15 is 0 Å². The molecule has 6 heteroatoms. The number of amides is 1. The Labute approximate surface area is 115 Å². The molecular formula is C13H17N4OS+. The number of fused-ring (bicyclic) bond motifs is 1. The van der Waals surface area contributed by atoms with Gasteiger partial charge in [0.1, 0.15) is 5.52 Å². The summed E-state index contributed by atoms with van der Waals surface area (Å²) in [7, 11) is 0. The number of carbonyl (C=O) groups excluding carboxylic acids is 1. The number of guanidine groups is 1. The second-order valence-corrected chi connectivity index (χ2v) is 6.26. The molecule has 0 aliphatic carbocycles. The molecule has 0 saturated heterocycles. The first-order valence-electron chi connectivity index (χ1n) is 5.93. The van der Waals surface area contributed by atoms with E-state index in [4.69, 9.17) is 5.73 Å². The van der Waals surface area contributed by atoms with Gasteiger partial charge < -0.3 is 5.73 Å². The number of rotatable bonds is 1. The summed E-state index contributed by atoms with van der Waals surface area (Å²) in [6.07, 6.45) is 0. The van der Waals surface area contributed by atoms with Crippen LogP contribution in [0.3, 0.4) is 0 Å². The lowest BCUT2D eigenvalue weighted by molar-refractivity contribution is -0.357. The maximum atomic E-state index is 11.8. The summed E-state index contributed by atoms with van der Waals surface area (Å²) in [5.74, 6) is 0.0533. The lowest BCUT2D eigenvalue weighted by atomic mass is 9.96. The average Bonchev–Trinajstić information content (AvgIpc) is 2.69. The Morgan fingerprint density at radius 3 is 2.68 bits per heavy atom. The minimum atomic E-state index is -0.486. The number of hydrogen-bond acceptors (Lipinski definition) is 3. The monoisotopic (exact) mass is 277 g/mol. The summed E-state index contributed by atoms with van der Waals surface area (Å²) in [5.41, 5.74) is 6.19. The topological polar surface area (TPSA) is 82.0 Å². The van der Waals surface area contributed by atoms with Gasteiger partial charge in [0.25, 0.3) is 11.0 Å². The highest BCUT2D eigenvalue weighted by Crippen LogP contribution is 2.21. The molecule has 0 bridgehead atoms. The van der Waals surface area contributed by atoms with Crippen molar-refractivity contribution in [2.45, 2.75) is 20.8 Å². The minimum absolute atomic E-state index is 0.140. The first-order valence-corrected chi connectivity index (χ1v) is 6.74. The molecule has 1 amide bonds. The smallest absolute Gasteiger partial charge is 0.310 e. The molecule has 1 heterocycles. The van der Waals surface area contributed by atoms with Gasteiger partial charge in [-0.1, -0.05) is 44.2 Å². The number of benzene rings is 1. The van der Waals surface area contributed by atoms with Gasteiger partial charge in [0, 0.05) is 0 Å². The number of carbonyl (C=O) groups is 1. The van der Waals surface area contributed by atoms with Crippen LogP contribution in [0.1, 0.15) is 20.8 Å². The van der Waals surface area contributed by atoms with Gasteiger partial charge in [-0.2, -0.15) is 0 Å². The van der Waals surface area contributed by atoms with Crippen molar-refractivity contribution in [3.8, 4) is 0 Å². The summed E-state index contributed by atoms with van der Waals surface area (Å²) in [4.78, 5) is 19.1. The van der Waals surface area contributed by atoms with Crippen molar-refractivity contribution in [3.63, 3.8) is 0 Å². The quantitative estimate of drug-likeness (QED) is 0.524. The first-order chi connectivity index (χ1) is 8.86. The largest absolute Gasteiger partial charge is 0.312 e. The predicted molar refractivity (Wildman–Crippen MR) is 77.0 cm³/mol. The Bertz CT molecular complexity index is 606. The number of aromatic nitrogens is 1. The third kappa shape index (κ3) is 3.29. The van der Waals surface area contributed by atoms with Crippen molar-refractivity contribution in [2.75, 3.05) is 0 Å². The van der Waals surface area contributed by atoms with Crippen molar-refractivity contribution in [1.29, 1.82) is 0 Å². The summed E-state index contributed by atoms with van der Waals surface area (Å²) >= 11 is 1.49. The van der Waals surface area contributed by atoms with Gasteiger partial charge in [0.2, 0.25) is 0 Å². The van der Waals surface area contributed by atoms with Crippen LogP contribution in [0.15, 0.2) is 24.3 Å². The van der Waals surface area contributed by atoms with Gasteiger partial charge in [0.05, 0.1) is 10.1 Å². The van der Waals surface area contributed by atoms with Crippen LogP contribution in [-0.4, -0.2) is 16.9 Å². The number of nitrogens with zero attached hydrogens (tertiary/aromatic N) is 1. The normalized spacial score (nSPS) is 12.7. The zero-order chi connectivity index (χ0) is 14.0. The fourth-order valence-electron chi connectivity index (χ4n) is 1.38. The zero-order valence-corrected chi connectivity index (χ0v) is 12.0. The Hall–Kier alpha value is -1.95. The number of thiazole rings is 1. The van der Waals surface area contributed by atoms with E-state index in [1.807, 2.05) is 45.0 Å². The zero-order valence-electron chi connectivity index (χ0n) is 11.2. The second kappa shape index (κ2) is 4.97. The van der Waals surface area contributed by atoms with Crippen molar-refractivity contribution in [3.05, 3.63) is 24.3 Å². The van der Waals surface area contributed by atoms with Crippen LogP contribution < -0.4 is 16.0 Å². The SMILES string of the molecule is CC(C)(C)C(=O)NC(N)=[NH+]c1nc2ccccc2s1. The van der Waals surface area contributed by atoms with Crippen LogP contribution in [0, 0.1) is 5.41 Å².